The summed E-state index contributed by atoms with van der Waals surface area (Å²) < 4.78 is 5.31. The lowest BCUT2D eigenvalue weighted by molar-refractivity contribution is 0.112. The molecule has 0 amide bonds. The summed E-state index contributed by atoms with van der Waals surface area (Å²) in [4.78, 5) is 12.6. The average Bonchev–Trinajstić information content (AvgIpc) is 2.96. The minimum absolute atomic E-state index is 0.0344. The molecule has 3 nitrogen and oxygen atoms in total. The van der Waals surface area contributed by atoms with Gasteiger partial charge in [-0.1, -0.05) is 84.9 Å². The van der Waals surface area contributed by atoms with E-state index in [1.165, 1.54) is 0 Å². The topological polar surface area (TPSA) is 46.5 Å². The maximum Gasteiger partial charge on any atom is 0.154 e. The quantitative estimate of drug-likeness (QED) is 0.252. The zero-order valence-corrected chi connectivity index (χ0v) is 20.3. The molecular weight excluding hydrogens is 456 g/mol. The molecule has 0 fully saturated rings. The Morgan fingerprint density at radius 1 is 0.595 bits per heavy atom. The van der Waals surface area contributed by atoms with Crippen LogP contribution in [0.2, 0.25) is 0 Å². The molecule has 0 bridgehead atoms. The first-order valence-corrected chi connectivity index (χ1v) is 12.1. The zero-order valence-electron chi connectivity index (χ0n) is 20.3. The first-order chi connectivity index (χ1) is 18.2. The van der Waals surface area contributed by atoms with Gasteiger partial charge in [-0.25, -0.2) is 0 Å². The van der Waals surface area contributed by atoms with Crippen molar-refractivity contribution < 1.29 is 14.6 Å². The van der Waals surface area contributed by atoms with Gasteiger partial charge in [0.15, 0.2) is 6.29 Å². The Bertz CT molecular complexity index is 1780. The highest BCUT2D eigenvalue weighted by Gasteiger charge is 2.21. The third kappa shape index (κ3) is 4.01. The predicted octanol–water partition coefficient (Wildman–Crippen LogP) is 8.52. The van der Waals surface area contributed by atoms with Gasteiger partial charge in [-0.2, -0.15) is 0 Å². The fourth-order valence-electron chi connectivity index (χ4n) is 5.04. The normalized spacial score (nSPS) is 11.1. The number of carbonyl (C=O) groups excluding carboxylic acids is 1. The Hall–Kier alpha value is -4.89. The van der Waals surface area contributed by atoms with Crippen LogP contribution in [0.5, 0.6) is 11.5 Å². The van der Waals surface area contributed by atoms with Gasteiger partial charge in [0.2, 0.25) is 0 Å². The second kappa shape index (κ2) is 9.29. The van der Waals surface area contributed by atoms with E-state index in [0.29, 0.717) is 11.1 Å². The summed E-state index contributed by atoms with van der Waals surface area (Å²) in [5.74, 6) is 0.689. The van der Waals surface area contributed by atoms with Crippen LogP contribution in [-0.4, -0.2) is 18.5 Å². The van der Waals surface area contributed by atoms with Gasteiger partial charge in [0.25, 0.3) is 0 Å². The van der Waals surface area contributed by atoms with Crippen molar-refractivity contribution in [1.29, 1.82) is 0 Å². The minimum atomic E-state index is -0.0344. The second-order valence-electron chi connectivity index (χ2n) is 9.08. The Morgan fingerprint density at radius 2 is 1.14 bits per heavy atom. The van der Waals surface area contributed by atoms with Gasteiger partial charge < -0.3 is 9.84 Å². The molecule has 6 aromatic carbocycles. The van der Waals surface area contributed by atoms with E-state index >= 15 is 0 Å². The van der Waals surface area contributed by atoms with E-state index in [4.69, 9.17) is 4.74 Å². The smallest absolute Gasteiger partial charge is 0.154 e. The zero-order chi connectivity index (χ0) is 25.4. The number of hydrogen-bond acceptors (Lipinski definition) is 3. The van der Waals surface area contributed by atoms with Crippen molar-refractivity contribution in [3.63, 3.8) is 0 Å². The molecule has 0 aliphatic heterocycles. The molecule has 0 radical (unpaired) electrons. The van der Waals surface area contributed by atoms with Gasteiger partial charge in [0.05, 0.1) is 12.7 Å². The van der Waals surface area contributed by atoms with E-state index in [9.17, 15) is 9.90 Å². The molecule has 0 heterocycles. The van der Waals surface area contributed by atoms with Gasteiger partial charge in [-0.05, 0) is 74.1 Å². The highest BCUT2D eigenvalue weighted by atomic mass is 16.5. The molecule has 0 atom stereocenters. The number of phenols is 1. The molecule has 3 heteroatoms. The van der Waals surface area contributed by atoms with Crippen molar-refractivity contribution in [2.45, 2.75) is 0 Å². The molecular formula is C34H24O3. The molecule has 0 saturated carbocycles. The van der Waals surface area contributed by atoms with Gasteiger partial charge in [0, 0.05) is 11.1 Å². The summed E-state index contributed by atoms with van der Waals surface area (Å²) >= 11 is 0. The van der Waals surface area contributed by atoms with Crippen LogP contribution in [-0.2, 0) is 0 Å². The number of rotatable bonds is 5. The van der Waals surface area contributed by atoms with E-state index in [1.807, 2.05) is 60.7 Å². The number of hydrogen-bond donors (Lipinski definition) is 1. The molecule has 178 valence electrons. The molecule has 0 saturated heterocycles. The maximum absolute atomic E-state index is 12.6. The Morgan fingerprint density at radius 3 is 1.73 bits per heavy atom. The van der Waals surface area contributed by atoms with Gasteiger partial charge in [-0.3, -0.25) is 4.79 Å². The van der Waals surface area contributed by atoms with Crippen molar-refractivity contribution in [1.82, 2.24) is 0 Å². The molecule has 0 spiro atoms. The maximum atomic E-state index is 12.6. The first-order valence-electron chi connectivity index (χ1n) is 12.1. The molecule has 6 aromatic rings. The summed E-state index contributed by atoms with van der Waals surface area (Å²) in [6, 6.07) is 38.3. The average molecular weight is 481 g/mol. The molecule has 1 N–H and O–H groups in total. The number of fused-ring (bicyclic) bond motifs is 2. The SMILES string of the molecule is COc1ccc(-c2cc(-c3ccc4ccccc4c3)c(-c3ccc4ccccc4c3)c(C=O)c2O)cc1. The third-order valence-corrected chi connectivity index (χ3v) is 6.96. The van der Waals surface area contributed by atoms with Crippen LogP contribution >= 0.6 is 0 Å². The van der Waals surface area contributed by atoms with E-state index in [2.05, 4.69) is 54.6 Å². The van der Waals surface area contributed by atoms with Crippen LogP contribution in [0.25, 0.3) is 54.9 Å². The minimum Gasteiger partial charge on any atom is -0.507 e. The van der Waals surface area contributed by atoms with Crippen LogP contribution < -0.4 is 4.74 Å². The summed E-state index contributed by atoms with van der Waals surface area (Å²) in [6.07, 6.45) is 0.761. The van der Waals surface area contributed by atoms with E-state index < -0.39 is 0 Å². The van der Waals surface area contributed by atoms with Crippen LogP contribution in [0, 0.1) is 0 Å². The fraction of sp³-hybridized carbons (Fsp3) is 0.0294. The van der Waals surface area contributed by atoms with Crippen molar-refractivity contribution in [3.8, 4) is 44.9 Å². The highest BCUT2D eigenvalue weighted by molar-refractivity contribution is 6.04. The second-order valence-corrected chi connectivity index (χ2v) is 9.08. The number of ether oxygens (including phenoxy) is 1. The lowest BCUT2D eigenvalue weighted by Crippen LogP contribution is -1.96. The highest BCUT2D eigenvalue weighted by Crippen LogP contribution is 2.45. The number of carbonyl (C=O) groups is 1. The van der Waals surface area contributed by atoms with Crippen molar-refractivity contribution in [2.75, 3.05) is 7.11 Å². The van der Waals surface area contributed by atoms with E-state index in [0.717, 1.165) is 55.8 Å². The molecule has 0 aromatic heterocycles. The predicted molar refractivity (Wildman–Crippen MR) is 151 cm³/mol. The summed E-state index contributed by atoms with van der Waals surface area (Å²) in [5, 5.41) is 15.8. The Kier molecular flexibility index (Phi) is 5.66. The van der Waals surface area contributed by atoms with Crippen LogP contribution in [0.4, 0.5) is 0 Å². The van der Waals surface area contributed by atoms with Crippen molar-refractivity contribution in [2.24, 2.45) is 0 Å². The van der Waals surface area contributed by atoms with Crippen LogP contribution in [0.1, 0.15) is 10.4 Å². The van der Waals surface area contributed by atoms with Crippen molar-refractivity contribution in [3.05, 3.63) is 121 Å². The Labute approximate surface area is 215 Å². The Balaban J connectivity index is 1.67. The molecule has 6 rings (SSSR count). The standard InChI is InChI=1S/C34H24O3/c1-37-29-16-14-24(15-17-29)31-20-30(27-12-10-22-6-2-4-8-25(22)18-27)33(32(21-35)34(31)36)28-13-11-23-7-3-5-9-26(23)19-28/h2-21,36H,1H3. The van der Waals surface area contributed by atoms with E-state index in [1.54, 1.807) is 7.11 Å². The summed E-state index contributed by atoms with van der Waals surface area (Å²) in [5.41, 5.74) is 5.11. The number of phenolic OH excluding ortho intramolecular Hbond substituents is 1. The van der Waals surface area contributed by atoms with Gasteiger partial charge in [-0.15, -0.1) is 0 Å². The lowest BCUT2D eigenvalue weighted by Gasteiger charge is -2.19. The molecule has 0 unspecified atom stereocenters. The molecule has 37 heavy (non-hydrogen) atoms. The first kappa shape index (κ1) is 22.6. The van der Waals surface area contributed by atoms with Crippen LogP contribution in [0.3, 0.4) is 0 Å². The largest absolute Gasteiger partial charge is 0.507 e. The third-order valence-electron chi connectivity index (χ3n) is 6.96. The number of aromatic hydroxyl groups is 1. The lowest BCUT2D eigenvalue weighted by atomic mass is 9.85. The number of methoxy groups -OCH3 is 1. The van der Waals surface area contributed by atoms with Crippen molar-refractivity contribution >= 4 is 27.8 Å². The number of benzene rings is 6. The van der Waals surface area contributed by atoms with Gasteiger partial charge >= 0.3 is 0 Å². The number of aldehydes is 1. The van der Waals surface area contributed by atoms with Gasteiger partial charge in [0.1, 0.15) is 11.5 Å². The molecule has 0 aliphatic carbocycles. The van der Waals surface area contributed by atoms with E-state index in [-0.39, 0.29) is 11.3 Å². The summed E-state index contributed by atoms with van der Waals surface area (Å²) in [6.45, 7) is 0. The summed E-state index contributed by atoms with van der Waals surface area (Å²) in [7, 11) is 1.62. The monoisotopic (exact) mass is 480 g/mol. The molecule has 0 aliphatic rings. The fourth-order valence-corrected chi connectivity index (χ4v) is 5.04. The van der Waals surface area contributed by atoms with Crippen LogP contribution in [0.15, 0.2) is 115 Å².